The topological polar surface area (TPSA) is 98.3 Å². The predicted octanol–water partition coefficient (Wildman–Crippen LogP) is 0.864. The van der Waals surface area contributed by atoms with E-state index in [9.17, 15) is 14.9 Å². The van der Waals surface area contributed by atoms with E-state index in [1.54, 1.807) is 6.92 Å². The van der Waals surface area contributed by atoms with Crippen molar-refractivity contribution in [1.29, 1.82) is 0 Å². The summed E-state index contributed by atoms with van der Waals surface area (Å²) >= 11 is 4.09. The fourth-order valence-electron chi connectivity index (χ4n) is 1.30. The van der Waals surface area contributed by atoms with Crippen LogP contribution in [0.1, 0.15) is 16.4 Å². The number of amides is 1. The lowest BCUT2D eigenvalue weighted by molar-refractivity contribution is -0.384. The number of nitrogens with zero attached hydrogens (tertiary/aromatic N) is 1. The van der Waals surface area contributed by atoms with E-state index in [-0.39, 0.29) is 5.69 Å². The highest BCUT2D eigenvalue weighted by molar-refractivity contribution is 7.81. The molecular formula is C9H11N3O3S. The van der Waals surface area contributed by atoms with Gasteiger partial charge in [0.25, 0.3) is 11.6 Å². The zero-order valence-corrected chi connectivity index (χ0v) is 9.40. The predicted molar refractivity (Wildman–Crippen MR) is 61.9 cm³/mol. The van der Waals surface area contributed by atoms with Crippen LogP contribution in [0.4, 0.5) is 5.69 Å². The van der Waals surface area contributed by atoms with Gasteiger partial charge in [-0.3, -0.25) is 20.3 Å². The Kier molecular flexibility index (Phi) is 3.86. The molecule has 1 atom stereocenters. The van der Waals surface area contributed by atoms with E-state index in [0.29, 0.717) is 11.1 Å². The normalized spacial score (nSPS) is 11.9. The molecular weight excluding hydrogens is 230 g/mol. The summed E-state index contributed by atoms with van der Waals surface area (Å²) in [7, 11) is 0. The van der Waals surface area contributed by atoms with Crippen molar-refractivity contribution in [3.8, 4) is 0 Å². The Balaban J connectivity index is 3.08. The first-order valence-electron chi connectivity index (χ1n) is 4.41. The second kappa shape index (κ2) is 4.95. The Hall–Kier alpha value is -1.60. The molecule has 0 spiro atoms. The highest BCUT2D eigenvalue weighted by Crippen LogP contribution is 2.26. The number of hydrogen-bond donors (Lipinski definition) is 3. The minimum Gasteiger partial charge on any atom is -0.293 e. The summed E-state index contributed by atoms with van der Waals surface area (Å²) in [5.74, 6) is 4.52. The molecule has 0 saturated heterocycles. The van der Waals surface area contributed by atoms with Gasteiger partial charge in [0.1, 0.15) is 5.25 Å². The summed E-state index contributed by atoms with van der Waals surface area (Å²) in [6.45, 7) is 1.68. The monoisotopic (exact) mass is 241 g/mol. The number of nitro benzene ring substituents is 1. The maximum Gasteiger partial charge on any atom is 0.269 e. The number of benzene rings is 1. The molecule has 0 aliphatic rings. The number of rotatable bonds is 3. The maximum absolute atomic E-state index is 11.2. The van der Waals surface area contributed by atoms with Gasteiger partial charge in [-0.25, -0.2) is 5.84 Å². The van der Waals surface area contributed by atoms with Crippen LogP contribution in [0.15, 0.2) is 18.2 Å². The van der Waals surface area contributed by atoms with Gasteiger partial charge in [0.05, 0.1) is 4.92 Å². The SMILES string of the molecule is Cc1cc([N+](=O)[O-])ccc1C(S)C(=O)NN. The number of thiol groups is 1. The summed E-state index contributed by atoms with van der Waals surface area (Å²) < 4.78 is 0. The van der Waals surface area contributed by atoms with E-state index in [0.717, 1.165) is 0 Å². The van der Waals surface area contributed by atoms with Gasteiger partial charge < -0.3 is 0 Å². The van der Waals surface area contributed by atoms with E-state index in [1.807, 2.05) is 5.43 Å². The summed E-state index contributed by atoms with van der Waals surface area (Å²) in [4.78, 5) is 21.3. The first-order valence-corrected chi connectivity index (χ1v) is 4.92. The van der Waals surface area contributed by atoms with E-state index >= 15 is 0 Å². The number of aryl methyl sites for hydroxylation is 1. The lowest BCUT2D eigenvalue weighted by Crippen LogP contribution is -2.33. The maximum atomic E-state index is 11.2. The third-order valence-corrected chi connectivity index (χ3v) is 2.66. The molecule has 86 valence electrons. The van der Waals surface area contributed by atoms with Gasteiger partial charge in [0, 0.05) is 12.1 Å². The van der Waals surface area contributed by atoms with Crippen LogP contribution in [-0.2, 0) is 4.79 Å². The first kappa shape index (κ1) is 12.5. The minimum atomic E-state index is -0.731. The van der Waals surface area contributed by atoms with Crippen molar-refractivity contribution in [2.24, 2.45) is 5.84 Å². The van der Waals surface area contributed by atoms with Gasteiger partial charge in [0.2, 0.25) is 0 Å². The van der Waals surface area contributed by atoms with Crippen molar-refractivity contribution >= 4 is 24.2 Å². The third kappa shape index (κ3) is 2.50. The molecule has 1 aromatic rings. The Labute approximate surface area is 97.4 Å². The van der Waals surface area contributed by atoms with Crippen LogP contribution in [0.5, 0.6) is 0 Å². The molecule has 1 aromatic carbocycles. The van der Waals surface area contributed by atoms with Gasteiger partial charge >= 0.3 is 0 Å². The van der Waals surface area contributed by atoms with E-state index in [1.165, 1.54) is 18.2 Å². The van der Waals surface area contributed by atoms with Crippen molar-refractivity contribution in [3.05, 3.63) is 39.4 Å². The highest BCUT2D eigenvalue weighted by atomic mass is 32.1. The van der Waals surface area contributed by atoms with Gasteiger partial charge in [-0.2, -0.15) is 12.6 Å². The molecule has 0 aliphatic heterocycles. The van der Waals surface area contributed by atoms with Crippen LogP contribution in [-0.4, -0.2) is 10.8 Å². The van der Waals surface area contributed by atoms with Crippen LogP contribution in [0, 0.1) is 17.0 Å². The molecule has 6 nitrogen and oxygen atoms in total. The van der Waals surface area contributed by atoms with Crippen LogP contribution in [0.3, 0.4) is 0 Å². The molecule has 16 heavy (non-hydrogen) atoms. The van der Waals surface area contributed by atoms with Crippen LogP contribution < -0.4 is 11.3 Å². The van der Waals surface area contributed by atoms with Crippen molar-refractivity contribution < 1.29 is 9.72 Å². The number of hydrogen-bond acceptors (Lipinski definition) is 5. The smallest absolute Gasteiger partial charge is 0.269 e. The number of nitro groups is 1. The van der Waals surface area contributed by atoms with Crippen molar-refractivity contribution in [3.63, 3.8) is 0 Å². The molecule has 0 bridgehead atoms. The molecule has 7 heteroatoms. The van der Waals surface area contributed by atoms with Crippen LogP contribution in [0.25, 0.3) is 0 Å². The lowest BCUT2D eigenvalue weighted by atomic mass is 10.0. The molecule has 0 heterocycles. The molecule has 1 unspecified atom stereocenters. The number of nitrogens with one attached hydrogen (secondary N) is 1. The van der Waals surface area contributed by atoms with Crippen LogP contribution >= 0.6 is 12.6 Å². The standard InChI is InChI=1S/C9H11N3O3S/c1-5-4-6(12(14)15)2-3-7(5)8(16)9(13)11-10/h2-4,8,16H,10H2,1H3,(H,11,13). The van der Waals surface area contributed by atoms with Crippen molar-refractivity contribution in [1.82, 2.24) is 5.43 Å². The first-order chi connectivity index (χ1) is 7.47. The van der Waals surface area contributed by atoms with Crippen molar-refractivity contribution in [2.75, 3.05) is 0 Å². The fourth-order valence-corrected chi connectivity index (χ4v) is 1.66. The Morgan fingerprint density at radius 3 is 2.69 bits per heavy atom. The fraction of sp³-hybridized carbons (Fsp3) is 0.222. The summed E-state index contributed by atoms with van der Waals surface area (Å²) in [5, 5.41) is 9.78. The molecule has 1 amide bonds. The number of carbonyl (C=O) groups is 1. The molecule has 3 N–H and O–H groups in total. The minimum absolute atomic E-state index is 0.0186. The summed E-state index contributed by atoms with van der Waals surface area (Å²) in [5.41, 5.74) is 3.18. The molecule has 0 radical (unpaired) electrons. The molecule has 0 saturated carbocycles. The van der Waals surface area contributed by atoms with E-state index in [4.69, 9.17) is 5.84 Å². The van der Waals surface area contributed by atoms with Gasteiger partial charge in [-0.15, -0.1) is 0 Å². The van der Waals surface area contributed by atoms with Gasteiger partial charge in [-0.1, -0.05) is 6.07 Å². The molecule has 0 fully saturated rings. The number of nitrogens with two attached hydrogens (primary N) is 1. The average molecular weight is 241 g/mol. The van der Waals surface area contributed by atoms with Gasteiger partial charge in [0.15, 0.2) is 0 Å². The van der Waals surface area contributed by atoms with Crippen molar-refractivity contribution in [2.45, 2.75) is 12.2 Å². The van der Waals surface area contributed by atoms with E-state index in [2.05, 4.69) is 12.6 Å². The average Bonchev–Trinajstić information content (AvgIpc) is 2.26. The number of non-ortho nitro benzene ring substituents is 1. The van der Waals surface area contributed by atoms with Gasteiger partial charge in [-0.05, 0) is 18.1 Å². The van der Waals surface area contributed by atoms with Crippen LogP contribution in [0.2, 0.25) is 0 Å². The molecule has 0 aliphatic carbocycles. The second-order valence-corrected chi connectivity index (χ2v) is 3.73. The zero-order valence-electron chi connectivity index (χ0n) is 8.51. The third-order valence-electron chi connectivity index (χ3n) is 2.15. The summed E-state index contributed by atoms with van der Waals surface area (Å²) in [6.07, 6.45) is 0. The highest BCUT2D eigenvalue weighted by Gasteiger charge is 2.18. The van der Waals surface area contributed by atoms with E-state index < -0.39 is 16.1 Å². The number of carbonyl (C=O) groups excluding carboxylic acids is 1. The number of hydrazine groups is 1. The Morgan fingerprint density at radius 1 is 1.62 bits per heavy atom. The molecule has 0 aromatic heterocycles. The lowest BCUT2D eigenvalue weighted by Gasteiger charge is -2.11. The summed E-state index contributed by atoms with van der Waals surface area (Å²) in [6, 6.07) is 4.22. The Morgan fingerprint density at radius 2 is 2.25 bits per heavy atom. The quantitative estimate of drug-likeness (QED) is 0.240. The molecule has 1 rings (SSSR count). The largest absolute Gasteiger partial charge is 0.293 e. The zero-order chi connectivity index (χ0) is 12.3. The second-order valence-electron chi connectivity index (χ2n) is 3.21. The Bertz CT molecular complexity index is 436.